The van der Waals surface area contributed by atoms with Gasteiger partial charge in [0, 0.05) is 60.9 Å². The van der Waals surface area contributed by atoms with Crippen molar-refractivity contribution in [2.75, 3.05) is 35.4 Å². The molecule has 1 aliphatic rings. The number of pyridine rings is 1. The van der Waals surface area contributed by atoms with Gasteiger partial charge in [-0.3, -0.25) is 9.21 Å². The molecule has 1 aromatic carbocycles. The molecule has 10 nitrogen and oxygen atoms in total. The van der Waals surface area contributed by atoms with Crippen LogP contribution in [-0.2, 0) is 21.4 Å². The van der Waals surface area contributed by atoms with E-state index in [9.17, 15) is 21.6 Å². The number of carboxylic acids is 1. The molecule has 5 aromatic rings. The van der Waals surface area contributed by atoms with Crippen molar-refractivity contribution in [2.24, 2.45) is 0 Å². The Morgan fingerprint density at radius 1 is 1.09 bits per heavy atom. The van der Waals surface area contributed by atoms with Crippen molar-refractivity contribution in [2.45, 2.75) is 43.7 Å². The monoisotopic (exact) mass is 706 g/mol. The summed E-state index contributed by atoms with van der Waals surface area (Å²) in [6, 6.07) is 17.2. The number of piperazine rings is 1. The second-order valence-corrected chi connectivity index (χ2v) is 15.2. The number of carbonyl (C=O) groups is 1. The number of aryl methyl sites for hydroxylation is 1. The summed E-state index contributed by atoms with van der Waals surface area (Å²) in [5, 5.41) is 10.8. The van der Waals surface area contributed by atoms with Gasteiger partial charge in [-0.25, -0.2) is 23.2 Å². The summed E-state index contributed by atoms with van der Waals surface area (Å²) in [5.41, 5.74) is 3.38. The van der Waals surface area contributed by atoms with E-state index < -0.39 is 22.2 Å². The number of anilines is 2. The fourth-order valence-electron chi connectivity index (χ4n) is 5.20. The summed E-state index contributed by atoms with van der Waals surface area (Å²) in [4.78, 5) is 27.8. The molecule has 16 heteroatoms. The summed E-state index contributed by atoms with van der Waals surface area (Å²) in [6.45, 7) is 10.5. The number of aromatic amines is 1. The number of rotatable bonds is 8. The molecule has 6 rings (SSSR count). The van der Waals surface area contributed by atoms with Gasteiger partial charge in [-0.1, -0.05) is 24.3 Å². The van der Waals surface area contributed by atoms with Crippen LogP contribution in [0.2, 0.25) is 0 Å². The first-order chi connectivity index (χ1) is 22.2. The molecule has 2 N–H and O–H groups in total. The number of para-hydroxylation sites is 1. The molecular formula is C31H33F3N6O4S3. The third kappa shape index (κ3) is 7.94. The minimum atomic E-state index is -5.08. The highest BCUT2D eigenvalue weighted by atomic mass is 32.2. The maximum absolute atomic E-state index is 13.6. The first kappa shape index (κ1) is 34.3. The lowest BCUT2D eigenvalue weighted by atomic mass is 10.2. The van der Waals surface area contributed by atoms with E-state index in [1.54, 1.807) is 28.8 Å². The number of nitrogens with one attached hydrogen (secondary N) is 1. The van der Waals surface area contributed by atoms with Crippen molar-refractivity contribution in [3.8, 4) is 10.7 Å². The van der Waals surface area contributed by atoms with Gasteiger partial charge in [0.2, 0.25) is 0 Å². The van der Waals surface area contributed by atoms with E-state index in [0.29, 0.717) is 9.90 Å². The van der Waals surface area contributed by atoms with Crippen molar-refractivity contribution in [1.82, 2.24) is 19.9 Å². The number of carboxylic acid groups (broad SMARTS) is 1. The molecule has 1 aliphatic heterocycles. The zero-order chi connectivity index (χ0) is 33.9. The molecule has 0 amide bonds. The van der Waals surface area contributed by atoms with E-state index in [4.69, 9.17) is 14.9 Å². The van der Waals surface area contributed by atoms with E-state index in [2.05, 4.69) is 38.0 Å². The van der Waals surface area contributed by atoms with Gasteiger partial charge >= 0.3 is 12.1 Å². The van der Waals surface area contributed by atoms with Gasteiger partial charge in [0.15, 0.2) is 0 Å². The van der Waals surface area contributed by atoms with E-state index in [1.165, 1.54) is 20.5 Å². The van der Waals surface area contributed by atoms with Gasteiger partial charge < -0.3 is 15.0 Å². The van der Waals surface area contributed by atoms with Crippen LogP contribution in [0.4, 0.5) is 24.7 Å². The SMILES string of the molecule is Cc1cccc(N2CCN(Cc3cnc(-c4cc5cccc(N(C(C)C)S(=O)(=O)c6cccs6)c5[nH]4)s3)CC2)n1.O=C(O)C(F)(F)F. The van der Waals surface area contributed by atoms with Crippen LogP contribution in [0.15, 0.2) is 70.4 Å². The molecule has 0 radical (unpaired) electrons. The fraction of sp³-hybridized carbons (Fsp3) is 0.323. The van der Waals surface area contributed by atoms with Crippen LogP contribution in [0.5, 0.6) is 0 Å². The highest BCUT2D eigenvalue weighted by molar-refractivity contribution is 7.94. The minimum absolute atomic E-state index is 0.252. The highest BCUT2D eigenvalue weighted by Crippen LogP contribution is 2.36. The average molecular weight is 707 g/mol. The zero-order valence-electron chi connectivity index (χ0n) is 25.7. The molecule has 1 fully saturated rings. The number of hydrogen-bond acceptors (Lipinski definition) is 9. The summed E-state index contributed by atoms with van der Waals surface area (Å²) in [5.74, 6) is -1.70. The summed E-state index contributed by atoms with van der Waals surface area (Å²) in [7, 11) is -3.69. The van der Waals surface area contributed by atoms with Gasteiger partial charge in [0.1, 0.15) is 15.0 Å². The van der Waals surface area contributed by atoms with Crippen LogP contribution in [0.25, 0.3) is 21.6 Å². The smallest absolute Gasteiger partial charge is 0.475 e. The minimum Gasteiger partial charge on any atom is -0.475 e. The van der Waals surface area contributed by atoms with E-state index in [-0.39, 0.29) is 6.04 Å². The number of sulfonamides is 1. The lowest BCUT2D eigenvalue weighted by Crippen LogP contribution is -2.46. The fourth-order valence-corrected chi connectivity index (χ4v) is 8.88. The first-order valence-electron chi connectivity index (χ1n) is 14.6. The summed E-state index contributed by atoms with van der Waals surface area (Å²) >= 11 is 2.91. The van der Waals surface area contributed by atoms with Crippen molar-refractivity contribution in [3.05, 3.63) is 76.7 Å². The number of aromatic nitrogens is 3. The number of aliphatic carboxylic acids is 1. The molecule has 0 atom stereocenters. The van der Waals surface area contributed by atoms with Crippen LogP contribution >= 0.6 is 22.7 Å². The molecule has 5 heterocycles. The molecule has 0 spiro atoms. The number of thiazole rings is 1. The number of alkyl halides is 3. The van der Waals surface area contributed by atoms with Gasteiger partial charge in [0.05, 0.1) is 16.9 Å². The number of H-pyrrole nitrogens is 1. The summed E-state index contributed by atoms with van der Waals surface area (Å²) in [6.07, 6.45) is -3.12. The predicted octanol–water partition coefficient (Wildman–Crippen LogP) is 6.62. The maximum Gasteiger partial charge on any atom is 0.490 e. The van der Waals surface area contributed by atoms with Crippen LogP contribution in [0, 0.1) is 6.92 Å². The largest absolute Gasteiger partial charge is 0.490 e. The van der Waals surface area contributed by atoms with Crippen molar-refractivity contribution in [3.63, 3.8) is 0 Å². The second kappa shape index (κ2) is 14.0. The standard InChI is InChI=1S/C29H32N6O2S3.C2HF3O2/c1-20(2)35(40(36,37)27-11-6-16-38-27)25-9-5-8-22-17-24(32-28(22)25)29-30-18-23(39-29)19-33-12-14-34(15-13-33)26-10-4-7-21(3)31-26;3-2(4,5)1(6)7/h4-11,16-18,20,32H,12-15,19H2,1-3H3;(H,6,7). The Balaban J connectivity index is 0.000000559. The molecule has 1 saturated heterocycles. The number of hydrogen-bond donors (Lipinski definition) is 2. The number of halogens is 3. The highest BCUT2D eigenvalue weighted by Gasteiger charge is 2.38. The number of benzene rings is 1. The van der Waals surface area contributed by atoms with E-state index >= 15 is 0 Å². The molecule has 4 aromatic heterocycles. The Bertz CT molecular complexity index is 1930. The number of nitrogens with zero attached hydrogens (tertiary/aromatic N) is 5. The lowest BCUT2D eigenvalue weighted by Gasteiger charge is -2.35. The van der Waals surface area contributed by atoms with Crippen LogP contribution in [0.1, 0.15) is 24.4 Å². The Morgan fingerprint density at radius 3 is 2.40 bits per heavy atom. The Hall–Kier alpha value is -3.99. The van der Waals surface area contributed by atoms with Crippen LogP contribution in [0.3, 0.4) is 0 Å². The van der Waals surface area contributed by atoms with E-state index in [1.807, 2.05) is 51.2 Å². The lowest BCUT2D eigenvalue weighted by molar-refractivity contribution is -0.192. The summed E-state index contributed by atoms with van der Waals surface area (Å²) < 4.78 is 60.7. The molecule has 0 saturated carbocycles. The maximum atomic E-state index is 13.6. The van der Waals surface area contributed by atoms with Crippen molar-refractivity contribution < 1.29 is 31.5 Å². The predicted molar refractivity (Wildman–Crippen MR) is 179 cm³/mol. The third-order valence-corrected chi connectivity index (χ3v) is 11.7. The Labute approximate surface area is 278 Å². The normalized spacial score (nSPS) is 14.3. The van der Waals surface area contributed by atoms with Crippen molar-refractivity contribution in [1.29, 1.82) is 0 Å². The van der Waals surface area contributed by atoms with Gasteiger partial charge in [-0.15, -0.1) is 22.7 Å². The topological polar surface area (TPSA) is 123 Å². The number of thiophene rings is 1. The Kier molecular flexibility index (Phi) is 10.2. The second-order valence-electron chi connectivity index (χ2n) is 11.1. The molecule has 0 unspecified atom stereocenters. The van der Waals surface area contributed by atoms with Gasteiger partial charge in [0.25, 0.3) is 10.0 Å². The molecule has 47 heavy (non-hydrogen) atoms. The Morgan fingerprint density at radius 2 is 1.79 bits per heavy atom. The first-order valence-corrected chi connectivity index (χ1v) is 17.7. The van der Waals surface area contributed by atoms with Gasteiger partial charge in [-0.2, -0.15) is 13.2 Å². The molecular weight excluding hydrogens is 674 g/mol. The average Bonchev–Trinajstić information content (AvgIpc) is 3.79. The van der Waals surface area contributed by atoms with Crippen molar-refractivity contribution >= 4 is 61.1 Å². The molecule has 0 aliphatic carbocycles. The third-order valence-electron chi connectivity index (χ3n) is 7.32. The molecule has 0 bridgehead atoms. The quantitative estimate of drug-likeness (QED) is 0.185. The number of fused-ring (bicyclic) bond motifs is 1. The van der Waals surface area contributed by atoms with Crippen LogP contribution < -0.4 is 9.21 Å². The van der Waals surface area contributed by atoms with E-state index in [0.717, 1.165) is 65.8 Å². The van der Waals surface area contributed by atoms with Crippen LogP contribution in [-0.4, -0.2) is 77.7 Å². The zero-order valence-corrected chi connectivity index (χ0v) is 28.2. The van der Waals surface area contributed by atoms with Gasteiger partial charge in [-0.05, 0) is 56.5 Å². The molecule has 250 valence electrons.